The lowest BCUT2D eigenvalue weighted by Gasteiger charge is -2.11. The summed E-state index contributed by atoms with van der Waals surface area (Å²) in [7, 11) is 0. The topological polar surface area (TPSA) is 101 Å². The molecule has 1 heterocycles. The highest BCUT2D eigenvalue weighted by Gasteiger charge is 2.18. The van der Waals surface area contributed by atoms with Gasteiger partial charge in [-0.3, -0.25) is 4.79 Å². The van der Waals surface area contributed by atoms with Crippen LogP contribution in [0.4, 0.5) is 4.39 Å². The van der Waals surface area contributed by atoms with Crippen LogP contribution < -0.4 is 10.1 Å². The highest BCUT2D eigenvalue weighted by Crippen LogP contribution is 2.20. The molecule has 8 heteroatoms. The van der Waals surface area contributed by atoms with Gasteiger partial charge in [-0.2, -0.15) is 10.2 Å². The summed E-state index contributed by atoms with van der Waals surface area (Å²) >= 11 is 0. The Morgan fingerprint density at radius 3 is 2.73 bits per heavy atom. The van der Waals surface area contributed by atoms with Crippen molar-refractivity contribution in [2.75, 3.05) is 0 Å². The second kappa shape index (κ2) is 9.75. The highest BCUT2D eigenvalue weighted by atomic mass is 19.1. The number of aromatic nitrogens is 2. The van der Waals surface area contributed by atoms with E-state index in [-0.39, 0.29) is 24.2 Å². The van der Waals surface area contributed by atoms with Gasteiger partial charge in [-0.15, -0.1) is 0 Å². The van der Waals surface area contributed by atoms with Crippen LogP contribution in [0, 0.1) is 17.1 Å². The van der Waals surface area contributed by atoms with Crippen LogP contribution in [0.3, 0.4) is 0 Å². The molecular formula is C25H19FN4O3. The molecule has 0 aliphatic carbocycles. The van der Waals surface area contributed by atoms with Gasteiger partial charge in [-0.25, -0.2) is 4.39 Å². The summed E-state index contributed by atoms with van der Waals surface area (Å²) in [5.74, 6) is 0.331. The van der Waals surface area contributed by atoms with Gasteiger partial charge >= 0.3 is 0 Å². The summed E-state index contributed by atoms with van der Waals surface area (Å²) in [6, 6.07) is 21.2. The number of carbonyl (C=O) groups is 1. The zero-order chi connectivity index (χ0) is 23.2. The lowest BCUT2D eigenvalue weighted by Crippen LogP contribution is -2.26. The molecule has 7 nitrogen and oxygen atoms in total. The molecule has 0 saturated heterocycles. The van der Waals surface area contributed by atoms with Crippen molar-refractivity contribution in [3.8, 4) is 23.2 Å². The van der Waals surface area contributed by atoms with Crippen LogP contribution >= 0.6 is 0 Å². The van der Waals surface area contributed by atoms with Crippen molar-refractivity contribution in [3.05, 3.63) is 101 Å². The van der Waals surface area contributed by atoms with Crippen LogP contribution in [0.1, 0.15) is 40.3 Å². The number of rotatable bonds is 7. The van der Waals surface area contributed by atoms with E-state index in [9.17, 15) is 14.4 Å². The lowest BCUT2D eigenvalue weighted by atomic mass is 10.1. The predicted molar refractivity (Wildman–Crippen MR) is 118 cm³/mol. The monoisotopic (exact) mass is 442 g/mol. The molecule has 0 aliphatic rings. The van der Waals surface area contributed by atoms with E-state index in [4.69, 9.17) is 9.26 Å². The average molecular weight is 442 g/mol. The summed E-state index contributed by atoms with van der Waals surface area (Å²) in [6.45, 7) is 1.93. The third kappa shape index (κ3) is 5.22. The first kappa shape index (κ1) is 21.7. The van der Waals surface area contributed by atoms with E-state index in [0.29, 0.717) is 28.3 Å². The molecule has 1 N–H and O–H groups in total. The van der Waals surface area contributed by atoms with Crippen molar-refractivity contribution in [1.29, 1.82) is 5.26 Å². The quantitative estimate of drug-likeness (QED) is 0.440. The Labute approximate surface area is 189 Å². The number of ether oxygens (including phenoxy) is 1. The molecule has 0 saturated carbocycles. The minimum atomic E-state index is -0.550. The van der Waals surface area contributed by atoms with Gasteiger partial charge in [-0.1, -0.05) is 29.4 Å². The summed E-state index contributed by atoms with van der Waals surface area (Å²) in [5, 5.41) is 15.9. The maximum atomic E-state index is 13.1. The number of carbonyl (C=O) groups excluding carboxylic acids is 1. The molecule has 4 aromatic rings. The molecule has 1 amide bonds. The molecule has 0 aliphatic heterocycles. The summed E-state index contributed by atoms with van der Waals surface area (Å²) in [4.78, 5) is 17.0. The van der Waals surface area contributed by atoms with Crippen LogP contribution in [0.5, 0.6) is 5.75 Å². The van der Waals surface area contributed by atoms with Crippen LogP contribution in [0.2, 0.25) is 0 Å². The van der Waals surface area contributed by atoms with Gasteiger partial charge in [0.25, 0.3) is 5.91 Å². The fourth-order valence-electron chi connectivity index (χ4n) is 3.11. The second-order valence-corrected chi connectivity index (χ2v) is 7.24. The Morgan fingerprint density at radius 1 is 1.15 bits per heavy atom. The number of nitriles is 1. The van der Waals surface area contributed by atoms with Crippen molar-refractivity contribution < 1.29 is 18.4 Å². The van der Waals surface area contributed by atoms with Crippen molar-refractivity contribution in [2.24, 2.45) is 0 Å². The van der Waals surface area contributed by atoms with E-state index < -0.39 is 6.04 Å². The number of benzene rings is 3. The minimum Gasteiger partial charge on any atom is -0.489 e. The van der Waals surface area contributed by atoms with Crippen molar-refractivity contribution >= 4 is 5.91 Å². The Hall–Kier alpha value is -4.51. The van der Waals surface area contributed by atoms with Gasteiger partial charge in [0.1, 0.15) is 24.2 Å². The van der Waals surface area contributed by atoms with Gasteiger partial charge in [0.2, 0.25) is 11.7 Å². The first-order chi connectivity index (χ1) is 16.0. The maximum Gasteiger partial charge on any atom is 0.252 e. The van der Waals surface area contributed by atoms with Crippen LogP contribution in [-0.4, -0.2) is 16.0 Å². The molecule has 4 rings (SSSR count). The summed E-state index contributed by atoms with van der Waals surface area (Å²) < 4.78 is 24.1. The van der Waals surface area contributed by atoms with Gasteiger partial charge in [0, 0.05) is 16.7 Å². The third-order valence-corrected chi connectivity index (χ3v) is 4.89. The molecule has 0 spiro atoms. The van der Waals surface area contributed by atoms with Gasteiger partial charge in [0.05, 0.1) is 11.6 Å². The van der Waals surface area contributed by atoms with Gasteiger partial charge < -0.3 is 14.6 Å². The normalized spacial score (nSPS) is 11.4. The Balaban J connectivity index is 1.40. The smallest absolute Gasteiger partial charge is 0.252 e. The SMILES string of the molecule is CC(NC(=O)c1cccc(OCc2ccccc2C#N)c1)c1nc(-c2ccc(F)cc2)no1. The number of halogens is 1. The summed E-state index contributed by atoms with van der Waals surface area (Å²) in [6.07, 6.45) is 0. The fraction of sp³-hybridized carbons (Fsp3) is 0.120. The van der Waals surface area contributed by atoms with E-state index in [1.165, 1.54) is 12.1 Å². The molecule has 0 bridgehead atoms. The van der Waals surface area contributed by atoms with E-state index in [0.717, 1.165) is 5.56 Å². The number of nitrogens with one attached hydrogen (secondary N) is 1. The minimum absolute atomic E-state index is 0.208. The molecule has 164 valence electrons. The Kier molecular flexibility index (Phi) is 6.41. The molecule has 0 radical (unpaired) electrons. The van der Waals surface area contributed by atoms with Crippen LogP contribution in [-0.2, 0) is 6.61 Å². The summed E-state index contributed by atoms with van der Waals surface area (Å²) in [5.41, 5.74) is 2.30. The molecule has 1 unspecified atom stereocenters. The van der Waals surface area contributed by atoms with Gasteiger partial charge in [-0.05, 0) is 55.5 Å². The number of amides is 1. The van der Waals surface area contributed by atoms with E-state index in [2.05, 4.69) is 21.5 Å². The van der Waals surface area contributed by atoms with Crippen molar-refractivity contribution in [1.82, 2.24) is 15.5 Å². The van der Waals surface area contributed by atoms with Crippen LogP contribution in [0.25, 0.3) is 11.4 Å². The molecular weight excluding hydrogens is 423 g/mol. The molecule has 33 heavy (non-hydrogen) atoms. The van der Waals surface area contributed by atoms with Crippen molar-refractivity contribution in [2.45, 2.75) is 19.6 Å². The maximum absolute atomic E-state index is 13.1. The standard InChI is InChI=1S/C25H19FN4O3/c1-16(25-29-23(30-33-25)17-9-11-21(26)12-10-17)28-24(31)18-7-4-8-22(13-18)32-15-20-6-3-2-5-19(20)14-27/h2-13,16H,15H2,1H3,(H,28,31). The number of nitrogens with zero attached hydrogens (tertiary/aromatic N) is 3. The Bertz CT molecular complexity index is 1310. The molecule has 3 aromatic carbocycles. The number of hydrogen-bond acceptors (Lipinski definition) is 6. The second-order valence-electron chi connectivity index (χ2n) is 7.24. The van der Waals surface area contributed by atoms with E-state index >= 15 is 0 Å². The van der Waals surface area contributed by atoms with E-state index in [1.807, 2.05) is 12.1 Å². The molecule has 0 fully saturated rings. The lowest BCUT2D eigenvalue weighted by molar-refractivity contribution is 0.0932. The molecule has 1 atom stereocenters. The fourth-order valence-corrected chi connectivity index (χ4v) is 3.11. The van der Waals surface area contributed by atoms with Gasteiger partial charge in [0.15, 0.2) is 0 Å². The zero-order valence-corrected chi connectivity index (χ0v) is 17.7. The number of hydrogen-bond donors (Lipinski definition) is 1. The predicted octanol–water partition coefficient (Wildman–Crippen LogP) is 4.82. The van der Waals surface area contributed by atoms with E-state index in [1.54, 1.807) is 55.5 Å². The Morgan fingerprint density at radius 2 is 1.94 bits per heavy atom. The highest BCUT2D eigenvalue weighted by molar-refractivity contribution is 5.94. The molecule has 1 aromatic heterocycles. The van der Waals surface area contributed by atoms with Crippen LogP contribution in [0.15, 0.2) is 77.3 Å². The zero-order valence-electron chi connectivity index (χ0n) is 17.7. The van der Waals surface area contributed by atoms with Crippen molar-refractivity contribution in [3.63, 3.8) is 0 Å². The largest absolute Gasteiger partial charge is 0.489 e. The first-order valence-electron chi connectivity index (χ1n) is 10.1. The first-order valence-corrected chi connectivity index (χ1v) is 10.1. The average Bonchev–Trinajstić information content (AvgIpc) is 3.34. The third-order valence-electron chi connectivity index (χ3n) is 4.89.